The van der Waals surface area contributed by atoms with Crippen LogP contribution >= 0.6 is 0 Å². The summed E-state index contributed by atoms with van der Waals surface area (Å²) in [6.45, 7) is 1.92. The summed E-state index contributed by atoms with van der Waals surface area (Å²) in [5.41, 5.74) is 3.49. The number of benzene rings is 4. The van der Waals surface area contributed by atoms with E-state index in [0.29, 0.717) is 5.88 Å². The first-order valence-electron chi connectivity index (χ1n) is 10.7. The summed E-state index contributed by atoms with van der Waals surface area (Å²) in [7, 11) is 0. The Morgan fingerprint density at radius 1 is 0.879 bits per heavy atom. The van der Waals surface area contributed by atoms with Gasteiger partial charge in [0.25, 0.3) is 5.95 Å². The van der Waals surface area contributed by atoms with Gasteiger partial charge in [0.15, 0.2) is 0 Å². The molecule has 0 saturated heterocycles. The van der Waals surface area contributed by atoms with E-state index in [2.05, 4.69) is 36.4 Å². The highest BCUT2D eigenvalue weighted by atomic mass is 16.6. The number of hydrogen-bond donors (Lipinski definition) is 1. The minimum atomic E-state index is -0.521. The van der Waals surface area contributed by atoms with Crippen LogP contribution in [0.5, 0.6) is 5.88 Å². The quantitative estimate of drug-likeness (QED) is 0.334. The second kappa shape index (κ2) is 7.25. The molecule has 158 valence electrons. The monoisotopic (exact) mass is 429 g/mol. The maximum absolute atomic E-state index is 10.9. The Kier molecular flexibility index (Phi) is 4.21. The maximum atomic E-state index is 10.9. The van der Waals surface area contributed by atoms with Gasteiger partial charge < -0.3 is 9.84 Å². The number of ether oxygens (including phenoxy) is 1. The SMILES string of the molecule is Cc1nn(-c2ccccc2)c2c1[C@@H](c1c3ccccc3cc3ccccc13)C(C#N)=C(O)O2. The van der Waals surface area contributed by atoms with Crippen LogP contribution in [0.25, 0.3) is 27.2 Å². The van der Waals surface area contributed by atoms with E-state index in [-0.39, 0.29) is 11.5 Å². The maximum Gasteiger partial charge on any atom is 0.298 e. The van der Waals surface area contributed by atoms with Gasteiger partial charge in [0.1, 0.15) is 11.6 Å². The third kappa shape index (κ3) is 2.81. The predicted octanol–water partition coefficient (Wildman–Crippen LogP) is 6.30. The zero-order valence-corrected chi connectivity index (χ0v) is 17.9. The summed E-state index contributed by atoms with van der Waals surface area (Å²) in [5.74, 6) is -0.478. The second-order valence-corrected chi connectivity index (χ2v) is 8.15. The Balaban J connectivity index is 1.74. The van der Waals surface area contributed by atoms with Crippen LogP contribution in [-0.4, -0.2) is 14.9 Å². The Morgan fingerprint density at radius 2 is 1.48 bits per heavy atom. The number of hydrogen-bond acceptors (Lipinski definition) is 4. The van der Waals surface area contributed by atoms with Gasteiger partial charge in [-0.1, -0.05) is 66.7 Å². The first-order chi connectivity index (χ1) is 16.2. The largest absolute Gasteiger partial charge is 0.480 e. The van der Waals surface area contributed by atoms with Crippen LogP contribution in [0.1, 0.15) is 22.7 Å². The van der Waals surface area contributed by atoms with Gasteiger partial charge in [0, 0.05) is 0 Å². The number of nitrogens with zero attached hydrogens (tertiary/aromatic N) is 3. The van der Waals surface area contributed by atoms with E-state index in [9.17, 15) is 10.4 Å². The van der Waals surface area contributed by atoms with Crippen molar-refractivity contribution in [3.8, 4) is 17.6 Å². The topological polar surface area (TPSA) is 71.1 Å². The van der Waals surface area contributed by atoms with Crippen molar-refractivity contribution < 1.29 is 9.84 Å². The molecule has 5 nitrogen and oxygen atoms in total. The molecule has 0 spiro atoms. The Morgan fingerprint density at radius 3 is 2.12 bits per heavy atom. The Bertz CT molecular complexity index is 1570. The highest BCUT2D eigenvalue weighted by molar-refractivity contribution is 6.03. The summed E-state index contributed by atoms with van der Waals surface area (Å²) in [6, 6.07) is 30.3. The molecule has 0 unspecified atom stereocenters. The lowest BCUT2D eigenvalue weighted by molar-refractivity contribution is 0.185. The number of aryl methyl sites for hydroxylation is 1. The van der Waals surface area contributed by atoms with Gasteiger partial charge in [0.05, 0.1) is 22.9 Å². The third-order valence-electron chi connectivity index (χ3n) is 6.29. The normalized spacial score (nSPS) is 15.3. The molecule has 33 heavy (non-hydrogen) atoms. The van der Waals surface area contributed by atoms with Crippen molar-refractivity contribution in [2.24, 2.45) is 0 Å². The zero-order valence-electron chi connectivity index (χ0n) is 17.9. The molecule has 1 N–H and O–H groups in total. The molecule has 0 fully saturated rings. The van der Waals surface area contributed by atoms with E-state index in [1.807, 2.05) is 61.5 Å². The molecule has 5 heteroatoms. The van der Waals surface area contributed by atoms with Crippen molar-refractivity contribution in [3.63, 3.8) is 0 Å². The molecular weight excluding hydrogens is 410 g/mol. The number of rotatable bonds is 2. The van der Waals surface area contributed by atoms with Crippen LogP contribution in [0.15, 0.2) is 96.4 Å². The predicted molar refractivity (Wildman–Crippen MR) is 127 cm³/mol. The van der Waals surface area contributed by atoms with Crippen LogP contribution in [0.4, 0.5) is 0 Å². The van der Waals surface area contributed by atoms with Crippen LogP contribution in [0, 0.1) is 18.3 Å². The highest BCUT2D eigenvalue weighted by Gasteiger charge is 2.38. The summed E-state index contributed by atoms with van der Waals surface area (Å²) in [6.07, 6.45) is 0. The van der Waals surface area contributed by atoms with Crippen molar-refractivity contribution in [1.82, 2.24) is 9.78 Å². The Hall–Kier alpha value is -4.56. The minimum absolute atomic E-state index is 0.180. The van der Waals surface area contributed by atoms with Crippen LogP contribution in [0.2, 0.25) is 0 Å². The number of aromatic nitrogens is 2. The van der Waals surface area contributed by atoms with Crippen LogP contribution in [0.3, 0.4) is 0 Å². The summed E-state index contributed by atoms with van der Waals surface area (Å²) < 4.78 is 7.52. The first kappa shape index (κ1) is 19.1. The average molecular weight is 429 g/mol. The smallest absolute Gasteiger partial charge is 0.298 e. The summed E-state index contributed by atoms with van der Waals surface area (Å²) in [5, 5.41) is 29.9. The van der Waals surface area contributed by atoms with E-state index >= 15 is 0 Å². The molecule has 4 aromatic carbocycles. The van der Waals surface area contributed by atoms with Gasteiger partial charge in [-0.3, -0.25) is 0 Å². The van der Waals surface area contributed by atoms with Gasteiger partial charge in [-0.05, 0) is 52.2 Å². The lowest BCUT2D eigenvalue weighted by atomic mass is 9.79. The molecule has 1 atom stereocenters. The fourth-order valence-corrected chi connectivity index (χ4v) is 4.87. The van der Waals surface area contributed by atoms with E-state index in [1.165, 1.54) is 0 Å². The number of nitriles is 1. The highest BCUT2D eigenvalue weighted by Crippen LogP contribution is 2.48. The molecule has 2 heterocycles. The molecule has 0 radical (unpaired) electrons. The molecule has 1 aliphatic rings. The number of allylic oxidation sites excluding steroid dienone is 1. The number of para-hydroxylation sites is 1. The molecule has 0 bridgehead atoms. The second-order valence-electron chi connectivity index (χ2n) is 8.15. The van der Waals surface area contributed by atoms with Crippen LogP contribution < -0.4 is 4.74 Å². The molecule has 6 rings (SSSR count). The molecule has 0 aliphatic carbocycles. The molecule has 1 aromatic heterocycles. The van der Waals surface area contributed by atoms with Crippen molar-refractivity contribution in [3.05, 3.63) is 113 Å². The number of aliphatic hydroxyl groups is 1. The molecule has 0 saturated carbocycles. The van der Waals surface area contributed by atoms with Gasteiger partial charge in [0.2, 0.25) is 5.88 Å². The van der Waals surface area contributed by atoms with Crippen molar-refractivity contribution in [2.45, 2.75) is 12.8 Å². The van der Waals surface area contributed by atoms with E-state index in [0.717, 1.165) is 44.1 Å². The molecule has 1 aliphatic heterocycles. The van der Waals surface area contributed by atoms with E-state index in [1.54, 1.807) is 4.68 Å². The zero-order chi connectivity index (χ0) is 22.5. The van der Waals surface area contributed by atoms with Gasteiger partial charge in [-0.2, -0.15) is 10.4 Å². The average Bonchev–Trinajstić information content (AvgIpc) is 3.18. The van der Waals surface area contributed by atoms with Crippen molar-refractivity contribution in [1.29, 1.82) is 5.26 Å². The minimum Gasteiger partial charge on any atom is -0.480 e. The number of fused-ring (bicyclic) bond motifs is 3. The fraction of sp³-hybridized carbons (Fsp3) is 0.0714. The van der Waals surface area contributed by atoms with Gasteiger partial charge in [-0.25, -0.2) is 4.68 Å². The fourth-order valence-electron chi connectivity index (χ4n) is 4.87. The lowest BCUT2D eigenvalue weighted by Crippen LogP contribution is -2.18. The first-order valence-corrected chi connectivity index (χ1v) is 10.7. The summed E-state index contributed by atoms with van der Waals surface area (Å²) >= 11 is 0. The van der Waals surface area contributed by atoms with Gasteiger partial charge in [-0.15, -0.1) is 0 Å². The lowest BCUT2D eigenvalue weighted by Gasteiger charge is -2.26. The van der Waals surface area contributed by atoms with Crippen molar-refractivity contribution in [2.75, 3.05) is 0 Å². The third-order valence-corrected chi connectivity index (χ3v) is 6.29. The Labute approximate surface area is 190 Å². The van der Waals surface area contributed by atoms with Crippen molar-refractivity contribution >= 4 is 21.5 Å². The van der Waals surface area contributed by atoms with E-state index in [4.69, 9.17) is 9.84 Å². The molecular formula is C28H19N3O2. The summed E-state index contributed by atoms with van der Waals surface area (Å²) in [4.78, 5) is 0. The van der Waals surface area contributed by atoms with Gasteiger partial charge >= 0.3 is 0 Å². The standard InChI is InChI=1S/C28H19N3O2/c1-17-24-26(25-21-13-7-5-9-18(21)15-19-10-6-8-14-22(19)25)23(16-29)28(32)33-27(24)31(30-17)20-11-3-2-4-12-20/h2-15,26,32H,1H3/t26-/m0/s1. The molecule has 0 amide bonds. The molecule has 5 aromatic rings. The number of aliphatic hydroxyl groups excluding tert-OH is 1. The van der Waals surface area contributed by atoms with Crippen LogP contribution in [-0.2, 0) is 0 Å². The van der Waals surface area contributed by atoms with E-state index < -0.39 is 5.92 Å².